The maximum absolute atomic E-state index is 12.6. The van der Waals surface area contributed by atoms with Crippen molar-refractivity contribution < 1.29 is 18.0 Å². The van der Waals surface area contributed by atoms with Crippen molar-refractivity contribution in [3.8, 4) is 0 Å². The molecule has 1 aromatic carbocycles. The summed E-state index contributed by atoms with van der Waals surface area (Å²) in [4.78, 5) is 28.2. The van der Waals surface area contributed by atoms with E-state index in [-0.39, 0.29) is 35.9 Å². The number of rotatable bonds is 4. The highest BCUT2D eigenvalue weighted by Crippen LogP contribution is 2.33. The lowest BCUT2D eigenvalue weighted by Gasteiger charge is -2.25. The number of benzene rings is 1. The molecule has 0 bridgehead atoms. The summed E-state index contributed by atoms with van der Waals surface area (Å²) in [5, 5.41) is 0.558. The van der Waals surface area contributed by atoms with Crippen molar-refractivity contribution >= 4 is 67.6 Å². The van der Waals surface area contributed by atoms with Gasteiger partial charge in [0.25, 0.3) is 5.91 Å². The van der Waals surface area contributed by atoms with Crippen LogP contribution in [0.25, 0.3) is 6.08 Å². The minimum atomic E-state index is -3.09. The molecule has 1 atom stereocenters. The number of carbonyl (C=O) groups is 2. The van der Waals surface area contributed by atoms with Gasteiger partial charge in [-0.25, -0.2) is 8.42 Å². The molecule has 2 aliphatic rings. The Morgan fingerprint density at radius 3 is 2.85 bits per heavy atom. The number of carbonyl (C=O) groups excluding carboxylic acids is 2. The summed E-state index contributed by atoms with van der Waals surface area (Å²) in [5.74, 6) is -0.635. The number of thiocarbonyl (C=S) groups is 1. The van der Waals surface area contributed by atoms with Gasteiger partial charge in [0, 0.05) is 18.1 Å². The fourth-order valence-corrected chi connectivity index (χ4v) is 6.14. The monoisotopic (exact) mass is 444 g/mol. The van der Waals surface area contributed by atoms with E-state index in [1.807, 2.05) is 6.07 Å². The first-order valence-electron chi connectivity index (χ1n) is 8.13. The lowest BCUT2D eigenvalue weighted by molar-refractivity contribution is -0.135. The molecule has 2 amide bonds. The molecule has 1 aromatic rings. The molecule has 6 nitrogen and oxygen atoms in total. The molecule has 2 saturated heterocycles. The summed E-state index contributed by atoms with van der Waals surface area (Å²) < 4.78 is 23.5. The highest BCUT2D eigenvalue weighted by molar-refractivity contribution is 8.26. The van der Waals surface area contributed by atoms with Gasteiger partial charge < -0.3 is 4.90 Å². The summed E-state index contributed by atoms with van der Waals surface area (Å²) in [6.07, 6.45) is 2.10. The third-order valence-electron chi connectivity index (χ3n) is 4.46. The zero-order valence-corrected chi connectivity index (χ0v) is 17.6. The van der Waals surface area contributed by atoms with Crippen LogP contribution in [0, 0.1) is 0 Å². The molecule has 2 aliphatic heterocycles. The Kier molecular flexibility index (Phi) is 5.95. The molecule has 3 rings (SSSR count). The summed E-state index contributed by atoms with van der Waals surface area (Å²) in [7, 11) is -1.53. The van der Waals surface area contributed by atoms with Gasteiger partial charge >= 0.3 is 0 Å². The molecular formula is C17H17ClN2O4S3. The number of sulfone groups is 1. The summed E-state index contributed by atoms with van der Waals surface area (Å²) >= 11 is 12.3. The Labute approximate surface area is 172 Å². The lowest BCUT2D eigenvalue weighted by Crippen LogP contribution is -2.45. The fraction of sp³-hybridized carbons (Fsp3) is 0.353. The van der Waals surface area contributed by atoms with E-state index in [0.717, 1.165) is 17.3 Å². The molecule has 0 unspecified atom stereocenters. The van der Waals surface area contributed by atoms with Gasteiger partial charge in [-0.2, -0.15) is 0 Å². The van der Waals surface area contributed by atoms with Gasteiger partial charge in [0.15, 0.2) is 9.84 Å². The zero-order valence-electron chi connectivity index (χ0n) is 14.4. The zero-order chi connectivity index (χ0) is 19.8. The standard InChI is InChI=1S/C17H17ClN2O4S3/c1-19(13-5-6-27(23,24)10-13)15(21)9-20-16(22)14(26-17(20)25)8-11-3-2-4-12(18)7-11/h2-4,7-8,13H,5-6,9-10H2,1H3/b14-8+/t13-/m0/s1. The van der Waals surface area contributed by atoms with E-state index < -0.39 is 9.84 Å². The van der Waals surface area contributed by atoms with Gasteiger partial charge in [-0.15, -0.1) is 0 Å². The second kappa shape index (κ2) is 7.90. The minimum absolute atomic E-state index is 0.0394. The molecule has 144 valence electrons. The topological polar surface area (TPSA) is 74.8 Å². The van der Waals surface area contributed by atoms with E-state index >= 15 is 0 Å². The number of hydrogen-bond donors (Lipinski definition) is 0. The highest BCUT2D eigenvalue weighted by Gasteiger charge is 2.37. The maximum atomic E-state index is 12.6. The van der Waals surface area contributed by atoms with E-state index in [0.29, 0.717) is 20.7 Å². The number of hydrogen-bond acceptors (Lipinski definition) is 6. The fourth-order valence-electron chi connectivity index (χ4n) is 2.92. The Morgan fingerprint density at radius 2 is 2.22 bits per heavy atom. The van der Waals surface area contributed by atoms with E-state index in [2.05, 4.69) is 0 Å². The SMILES string of the molecule is CN(C(=O)CN1C(=O)/C(=C\c2cccc(Cl)c2)SC1=S)[C@H]1CCS(=O)(=O)C1. The van der Waals surface area contributed by atoms with Crippen LogP contribution in [0.5, 0.6) is 0 Å². The van der Waals surface area contributed by atoms with Gasteiger partial charge in [0.05, 0.1) is 16.4 Å². The van der Waals surface area contributed by atoms with Crippen molar-refractivity contribution in [2.75, 3.05) is 25.1 Å². The minimum Gasteiger partial charge on any atom is -0.340 e. The van der Waals surface area contributed by atoms with Gasteiger partial charge in [-0.1, -0.05) is 47.7 Å². The van der Waals surface area contributed by atoms with Crippen LogP contribution in [0.3, 0.4) is 0 Å². The van der Waals surface area contributed by atoms with E-state index in [4.69, 9.17) is 23.8 Å². The average molecular weight is 445 g/mol. The van der Waals surface area contributed by atoms with Gasteiger partial charge in [-0.3, -0.25) is 14.5 Å². The summed E-state index contributed by atoms with van der Waals surface area (Å²) in [5.41, 5.74) is 0.766. The normalized spacial score (nSPS) is 23.3. The third-order valence-corrected chi connectivity index (χ3v) is 7.83. The molecule has 10 heteroatoms. The Bertz CT molecular complexity index is 945. The van der Waals surface area contributed by atoms with Crippen molar-refractivity contribution in [2.24, 2.45) is 0 Å². The molecule has 0 saturated carbocycles. The van der Waals surface area contributed by atoms with Crippen molar-refractivity contribution in [3.05, 3.63) is 39.8 Å². The van der Waals surface area contributed by atoms with Crippen molar-refractivity contribution in [1.82, 2.24) is 9.80 Å². The largest absolute Gasteiger partial charge is 0.340 e. The van der Waals surface area contributed by atoms with Crippen LogP contribution in [0.1, 0.15) is 12.0 Å². The Morgan fingerprint density at radius 1 is 1.48 bits per heavy atom. The second-order valence-corrected chi connectivity index (χ2v) is 10.7. The van der Waals surface area contributed by atoms with Crippen molar-refractivity contribution in [1.29, 1.82) is 0 Å². The predicted octanol–water partition coefficient (Wildman–Crippen LogP) is 2.19. The molecule has 0 N–H and O–H groups in total. The molecule has 2 heterocycles. The number of thioether (sulfide) groups is 1. The van der Waals surface area contributed by atoms with Crippen LogP contribution in [0.2, 0.25) is 5.02 Å². The van der Waals surface area contributed by atoms with Crippen LogP contribution in [0.4, 0.5) is 0 Å². The van der Waals surface area contributed by atoms with Crippen LogP contribution in [0.15, 0.2) is 29.2 Å². The van der Waals surface area contributed by atoms with Crippen LogP contribution in [-0.4, -0.2) is 65.5 Å². The molecule has 0 spiro atoms. The first-order valence-corrected chi connectivity index (χ1v) is 11.6. The second-order valence-electron chi connectivity index (χ2n) is 6.38. The van der Waals surface area contributed by atoms with E-state index in [9.17, 15) is 18.0 Å². The van der Waals surface area contributed by atoms with Crippen LogP contribution >= 0.6 is 35.6 Å². The first kappa shape index (κ1) is 20.3. The number of amides is 2. The van der Waals surface area contributed by atoms with Crippen LogP contribution < -0.4 is 0 Å². The maximum Gasteiger partial charge on any atom is 0.266 e. The van der Waals surface area contributed by atoms with E-state index in [1.165, 1.54) is 9.80 Å². The van der Waals surface area contributed by atoms with E-state index in [1.54, 1.807) is 31.3 Å². The number of likely N-dealkylation sites (N-methyl/N-ethyl adjacent to an activating group) is 1. The van der Waals surface area contributed by atoms with Gasteiger partial charge in [0.2, 0.25) is 5.91 Å². The van der Waals surface area contributed by atoms with Crippen molar-refractivity contribution in [2.45, 2.75) is 12.5 Å². The molecule has 0 radical (unpaired) electrons. The molecule has 0 aliphatic carbocycles. The quantitative estimate of drug-likeness (QED) is 0.523. The number of nitrogens with zero attached hydrogens (tertiary/aromatic N) is 2. The smallest absolute Gasteiger partial charge is 0.266 e. The molecule has 0 aromatic heterocycles. The van der Waals surface area contributed by atoms with Gasteiger partial charge in [0.1, 0.15) is 10.9 Å². The molecular weight excluding hydrogens is 428 g/mol. The number of halogens is 1. The molecule has 2 fully saturated rings. The summed E-state index contributed by atoms with van der Waals surface area (Å²) in [6, 6.07) is 6.71. The average Bonchev–Trinajstić information content (AvgIpc) is 3.08. The van der Waals surface area contributed by atoms with Gasteiger partial charge in [-0.05, 0) is 30.2 Å². The van der Waals surface area contributed by atoms with Crippen LogP contribution in [-0.2, 0) is 19.4 Å². The first-order chi connectivity index (χ1) is 12.7. The third kappa shape index (κ3) is 4.71. The Balaban J connectivity index is 1.69. The molecule has 27 heavy (non-hydrogen) atoms. The Hall–Kier alpha value is -1.42. The highest BCUT2D eigenvalue weighted by atomic mass is 35.5. The summed E-state index contributed by atoms with van der Waals surface area (Å²) in [6.45, 7) is -0.204. The van der Waals surface area contributed by atoms with Crippen molar-refractivity contribution in [3.63, 3.8) is 0 Å². The predicted molar refractivity (Wildman–Crippen MR) is 111 cm³/mol. The lowest BCUT2D eigenvalue weighted by atomic mass is 10.2.